The van der Waals surface area contributed by atoms with E-state index in [9.17, 15) is 14.7 Å². The number of benzene rings is 1. The van der Waals surface area contributed by atoms with Gasteiger partial charge in [-0.3, -0.25) is 9.78 Å². The van der Waals surface area contributed by atoms with Crippen molar-refractivity contribution in [2.24, 2.45) is 0 Å². The average Bonchev–Trinajstić information content (AvgIpc) is 2.72. The van der Waals surface area contributed by atoms with E-state index in [1.807, 2.05) is 0 Å². The van der Waals surface area contributed by atoms with Gasteiger partial charge in [0.1, 0.15) is 5.69 Å². The standard InChI is InChI=1S/C19H14ClN3O5.Na/c1-27-13-9-14(28-2)23-18(22-13)17(24)16-15(19(25)26)12(7-8-21-16)10-3-5-11(20)6-4-10;/h3-9H,1-2H3,(H,25,26);/q;+1/p-1. The van der Waals surface area contributed by atoms with Crippen molar-refractivity contribution >= 4 is 23.4 Å². The van der Waals surface area contributed by atoms with Crippen LogP contribution in [0.1, 0.15) is 26.7 Å². The smallest absolute Gasteiger partial charge is 0.545 e. The number of hydrogen-bond acceptors (Lipinski definition) is 8. The third-order valence-corrected chi connectivity index (χ3v) is 4.08. The molecule has 0 aliphatic carbocycles. The number of aromatic nitrogens is 3. The van der Waals surface area contributed by atoms with E-state index in [-0.39, 0.29) is 64.0 Å². The summed E-state index contributed by atoms with van der Waals surface area (Å²) in [5.74, 6) is -2.53. The maximum absolute atomic E-state index is 12.9. The minimum absolute atomic E-state index is 0. The van der Waals surface area contributed by atoms with Crippen molar-refractivity contribution in [3.05, 3.63) is 64.7 Å². The first-order valence-electron chi connectivity index (χ1n) is 7.92. The second kappa shape index (κ2) is 9.80. The number of ketones is 1. The van der Waals surface area contributed by atoms with Crippen LogP contribution in [0.3, 0.4) is 0 Å². The molecule has 0 atom stereocenters. The summed E-state index contributed by atoms with van der Waals surface area (Å²) in [4.78, 5) is 36.6. The van der Waals surface area contributed by atoms with Crippen LogP contribution in [-0.2, 0) is 0 Å². The zero-order valence-corrected chi connectivity index (χ0v) is 18.6. The maximum atomic E-state index is 12.9. The summed E-state index contributed by atoms with van der Waals surface area (Å²) >= 11 is 5.88. The molecule has 0 radical (unpaired) electrons. The number of methoxy groups -OCH3 is 2. The summed E-state index contributed by atoms with van der Waals surface area (Å²) in [6.07, 6.45) is 1.32. The van der Waals surface area contributed by atoms with Crippen molar-refractivity contribution < 1.29 is 53.7 Å². The van der Waals surface area contributed by atoms with Crippen molar-refractivity contribution in [2.45, 2.75) is 0 Å². The van der Waals surface area contributed by atoms with Crippen molar-refractivity contribution in [2.75, 3.05) is 14.2 Å². The predicted molar refractivity (Wildman–Crippen MR) is 97.6 cm³/mol. The number of carbonyl (C=O) groups is 2. The molecule has 29 heavy (non-hydrogen) atoms. The first-order chi connectivity index (χ1) is 13.4. The number of pyridine rings is 1. The minimum Gasteiger partial charge on any atom is -0.545 e. The van der Waals surface area contributed by atoms with Gasteiger partial charge in [0, 0.05) is 16.8 Å². The molecule has 0 unspecified atom stereocenters. The number of aromatic carboxylic acids is 1. The van der Waals surface area contributed by atoms with E-state index in [1.54, 1.807) is 24.3 Å². The van der Waals surface area contributed by atoms with Crippen LogP contribution in [-0.4, -0.2) is 40.9 Å². The van der Waals surface area contributed by atoms with Crippen molar-refractivity contribution in [1.29, 1.82) is 0 Å². The van der Waals surface area contributed by atoms with Crippen molar-refractivity contribution in [1.82, 2.24) is 15.0 Å². The van der Waals surface area contributed by atoms with Crippen LogP contribution in [0.15, 0.2) is 42.6 Å². The van der Waals surface area contributed by atoms with E-state index in [1.165, 1.54) is 32.5 Å². The van der Waals surface area contributed by atoms with E-state index < -0.39 is 11.8 Å². The number of carboxylic acid groups (broad SMARTS) is 1. The average molecular weight is 422 g/mol. The van der Waals surface area contributed by atoms with Gasteiger partial charge in [-0.05, 0) is 29.3 Å². The van der Waals surface area contributed by atoms with E-state index in [4.69, 9.17) is 21.1 Å². The Hall–Kier alpha value is -2.52. The van der Waals surface area contributed by atoms with E-state index in [0.717, 1.165) is 0 Å². The Bertz CT molecular complexity index is 1040. The summed E-state index contributed by atoms with van der Waals surface area (Å²) < 4.78 is 10.0. The van der Waals surface area contributed by atoms with Crippen molar-refractivity contribution in [3.8, 4) is 22.9 Å². The van der Waals surface area contributed by atoms with Gasteiger partial charge in [0.15, 0.2) is 0 Å². The topological polar surface area (TPSA) is 114 Å². The van der Waals surface area contributed by atoms with Crippen LogP contribution in [0.25, 0.3) is 11.1 Å². The van der Waals surface area contributed by atoms with Crippen LogP contribution < -0.4 is 44.1 Å². The van der Waals surface area contributed by atoms with Gasteiger partial charge in [0.05, 0.1) is 26.3 Å². The van der Waals surface area contributed by atoms with E-state index in [2.05, 4.69) is 15.0 Å². The number of carbonyl (C=O) groups excluding carboxylic acids is 2. The van der Waals surface area contributed by atoms with Gasteiger partial charge in [0.25, 0.3) is 0 Å². The van der Waals surface area contributed by atoms with Crippen LogP contribution in [0.2, 0.25) is 5.02 Å². The molecule has 0 bridgehead atoms. The molecule has 0 amide bonds. The molecule has 2 aromatic heterocycles. The predicted octanol–water partition coefficient (Wildman–Crippen LogP) is -1.19. The fraction of sp³-hybridized carbons (Fsp3) is 0.105. The Kier molecular flexibility index (Phi) is 7.69. The van der Waals surface area contributed by atoms with Crippen molar-refractivity contribution in [3.63, 3.8) is 0 Å². The van der Waals surface area contributed by atoms with Gasteiger partial charge in [0.2, 0.25) is 23.4 Å². The van der Waals surface area contributed by atoms with Gasteiger partial charge in [-0.15, -0.1) is 0 Å². The molecular formula is C19H13ClN3NaO5. The molecule has 3 aromatic rings. The first-order valence-corrected chi connectivity index (χ1v) is 8.30. The summed E-state index contributed by atoms with van der Waals surface area (Å²) in [6, 6.07) is 9.32. The molecule has 0 fully saturated rings. The maximum Gasteiger partial charge on any atom is 1.00 e. The molecule has 0 N–H and O–H groups in total. The summed E-state index contributed by atoms with van der Waals surface area (Å²) in [5.41, 5.74) is 0.0528. The Morgan fingerprint density at radius 2 is 1.59 bits per heavy atom. The molecule has 10 heteroatoms. The number of halogens is 1. The molecule has 0 aliphatic rings. The molecule has 0 spiro atoms. The molecule has 1 aromatic carbocycles. The monoisotopic (exact) mass is 421 g/mol. The van der Waals surface area contributed by atoms with Crippen LogP contribution in [0.5, 0.6) is 11.8 Å². The van der Waals surface area contributed by atoms with Gasteiger partial charge >= 0.3 is 29.6 Å². The number of ether oxygens (including phenoxy) is 2. The van der Waals surface area contributed by atoms with Crippen LogP contribution >= 0.6 is 11.6 Å². The van der Waals surface area contributed by atoms with Gasteiger partial charge < -0.3 is 19.4 Å². The zero-order valence-electron chi connectivity index (χ0n) is 15.8. The summed E-state index contributed by atoms with van der Waals surface area (Å²) in [5, 5.41) is 12.3. The van der Waals surface area contributed by atoms with E-state index >= 15 is 0 Å². The number of nitrogens with zero attached hydrogens (tertiary/aromatic N) is 3. The van der Waals surface area contributed by atoms with Gasteiger partial charge in [-0.2, -0.15) is 9.97 Å². The largest absolute Gasteiger partial charge is 1.00 e. The fourth-order valence-corrected chi connectivity index (χ4v) is 2.66. The number of hydrogen-bond donors (Lipinski definition) is 0. The Labute approximate surface area is 193 Å². The summed E-state index contributed by atoms with van der Waals surface area (Å²) in [7, 11) is 2.73. The molecule has 3 rings (SSSR count). The normalized spacial score (nSPS) is 10.0. The SMILES string of the molecule is COc1cc(OC)nc(C(=O)c2nccc(-c3ccc(Cl)cc3)c2C(=O)[O-])n1.[Na+]. The molecule has 0 saturated heterocycles. The molecule has 142 valence electrons. The molecule has 8 nitrogen and oxygen atoms in total. The number of carboxylic acids is 1. The summed E-state index contributed by atoms with van der Waals surface area (Å²) in [6.45, 7) is 0. The Morgan fingerprint density at radius 3 is 2.10 bits per heavy atom. The number of rotatable bonds is 6. The second-order valence-corrected chi connectivity index (χ2v) is 5.92. The van der Waals surface area contributed by atoms with Crippen LogP contribution in [0, 0.1) is 0 Å². The molecule has 0 aliphatic heterocycles. The third kappa shape index (κ3) is 4.91. The van der Waals surface area contributed by atoms with Gasteiger partial charge in [-0.25, -0.2) is 0 Å². The molecule has 0 saturated carbocycles. The Morgan fingerprint density at radius 1 is 1.00 bits per heavy atom. The molecular weight excluding hydrogens is 409 g/mol. The Balaban J connectivity index is 0.00000300. The molecule has 2 heterocycles. The third-order valence-electron chi connectivity index (χ3n) is 3.83. The second-order valence-electron chi connectivity index (χ2n) is 5.48. The van der Waals surface area contributed by atoms with Gasteiger partial charge in [-0.1, -0.05) is 23.7 Å². The quantitative estimate of drug-likeness (QED) is 0.360. The van der Waals surface area contributed by atoms with E-state index in [0.29, 0.717) is 10.6 Å². The zero-order chi connectivity index (χ0) is 20.3. The fourth-order valence-electron chi connectivity index (χ4n) is 2.53. The van der Waals surface area contributed by atoms with Crippen LogP contribution in [0.4, 0.5) is 0 Å². The minimum atomic E-state index is -1.56. The first kappa shape index (κ1) is 22.8.